The highest BCUT2D eigenvalue weighted by Gasteiger charge is 2.16. The number of benzene rings is 4. The standard InChI is InChI=1S/C13H10.2C8H7NS/c1-3-7-12-10(5-1)9-11-6-2-4-8-13(11)12;2*10-8-5-6-3-1-2-4-7(6)9-8/h1-8H,9H2;2*1-4H,5H2,(H,9,10). The third-order valence-electron chi connectivity index (χ3n) is 5.99. The van der Waals surface area contributed by atoms with E-state index in [4.69, 9.17) is 24.4 Å². The van der Waals surface area contributed by atoms with Crippen LogP contribution in [0.1, 0.15) is 22.3 Å². The first-order valence-electron chi connectivity index (χ1n) is 11.1. The summed E-state index contributed by atoms with van der Waals surface area (Å²) in [5.41, 5.74) is 10.7. The van der Waals surface area contributed by atoms with Gasteiger partial charge in [0.2, 0.25) is 0 Å². The zero-order valence-corrected chi connectivity index (χ0v) is 19.8. The van der Waals surface area contributed by atoms with Crippen LogP contribution in [0.5, 0.6) is 0 Å². The molecule has 4 heteroatoms. The van der Waals surface area contributed by atoms with Crippen LogP contribution in [-0.4, -0.2) is 9.98 Å². The first-order chi connectivity index (χ1) is 16.2. The van der Waals surface area contributed by atoms with Crippen molar-refractivity contribution in [3.05, 3.63) is 119 Å². The van der Waals surface area contributed by atoms with Crippen molar-refractivity contribution in [3.8, 4) is 11.1 Å². The smallest absolute Gasteiger partial charge is 0.0842 e. The van der Waals surface area contributed by atoms with Gasteiger partial charge in [0.1, 0.15) is 0 Å². The van der Waals surface area contributed by atoms with E-state index in [1.165, 1.54) is 44.8 Å². The van der Waals surface area contributed by atoms with Crippen molar-refractivity contribution < 1.29 is 0 Å². The fourth-order valence-corrected chi connectivity index (χ4v) is 4.94. The van der Waals surface area contributed by atoms with E-state index in [-0.39, 0.29) is 0 Å². The molecule has 2 aliphatic heterocycles. The minimum absolute atomic E-state index is 0.908. The van der Waals surface area contributed by atoms with Gasteiger partial charge in [-0.25, -0.2) is 0 Å². The molecule has 4 aromatic rings. The molecule has 0 unspecified atom stereocenters. The van der Waals surface area contributed by atoms with E-state index in [9.17, 15) is 0 Å². The molecular weight excluding hydrogens is 440 g/mol. The third kappa shape index (κ3) is 4.87. The highest BCUT2D eigenvalue weighted by atomic mass is 32.1. The monoisotopic (exact) mass is 464 g/mol. The van der Waals surface area contributed by atoms with Crippen molar-refractivity contribution in [1.29, 1.82) is 0 Å². The molecule has 0 atom stereocenters. The van der Waals surface area contributed by atoms with Gasteiger partial charge in [0.25, 0.3) is 0 Å². The first kappa shape index (κ1) is 21.5. The Labute approximate surface area is 205 Å². The van der Waals surface area contributed by atoms with E-state index >= 15 is 0 Å². The van der Waals surface area contributed by atoms with Crippen molar-refractivity contribution in [3.63, 3.8) is 0 Å². The summed E-state index contributed by atoms with van der Waals surface area (Å²) in [5.74, 6) is 0. The normalized spacial score (nSPS) is 13.7. The zero-order valence-electron chi connectivity index (χ0n) is 18.2. The molecule has 0 saturated heterocycles. The number of nitrogens with one attached hydrogen (secondary N) is 2. The first-order valence-corrected chi connectivity index (χ1v) is 11.9. The Hall–Kier alpha value is -3.34. The average molecular weight is 465 g/mol. The molecule has 2 nitrogen and oxygen atoms in total. The van der Waals surface area contributed by atoms with Crippen LogP contribution in [0.3, 0.4) is 0 Å². The summed E-state index contributed by atoms with van der Waals surface area (Å²) >= 11 is 10.0. The molecule has 2 heterocycles. The zero-order chi connectivity index (χ0) is 22.6. The molecule has 1 aliphatic carbocycles. The third-order valence-corrected chi connectivity index (χ3v) is 6.48. The molecule has 162 valence electrons. The Kier molecular flexibility index (Phi) is 6.29. The van der Waals surface area contributed by atoms with Gasteiger partial charge in [-0.2, -0.15) is 0 Å². The molecule has 7 rings (SSSR count). The lowest BCUT2D eigenvalue weighted by molar-refractivity contribution is 1.26. The number of rotatable bonds is 0. The Morgan fingerprint density at radius 3 is 1.21 bits per heavy atom. The topological polar surface area (TPSA) is 24.1 Å². The summed E-state index contributed by atoms with van der Waals surface area (Å²) in [4.78, 5) is 1.86. The second-order valence-electron chi connectivity index (χ2n) is 8.26. The molecule has 0 saturated carbocycles. The highest BCUT2D eigenvalue weighted by molar-refractivity contribution is 7.80. The number of fused-ring (bicyclic) bond motifs is 5. The van der Waals surface area contributed by atoms with Gasteiger partial charge in [0.05, 0.1) is 9.98 Å². The second-order valence-corrected chi connectivity index (χ2v) is 9.24. The lowest BCUT2D eigenvalue weighted by Gasteiger charge is -1.98. The summed E-state index contributed by atoms with van der Waals surface area (Å²) in [6.07, 6.45) is 2.92. The Balaban J connectivity index is 0.000000105. The minimum Gasteiger partial charge on any atom is -0.350 e. The van der Waals surface area contributed by atoms with Gasteiger partial charge >= 0.3 is 0 Å². The number of thiocarbonyl (C=S) groups is 2. The predicted octanol–water partition coefficient (Wildman–Crippen LogP) is 7.22. The lowest BCUT2D eigenvalue weighted by atomic mass is 10.1. The van der Waals surface area contributed by atoms with E-state index in [0.717, 1.165) is 29.2 Å². The number of hydrogen-bond donors (Lipinski definition) is 2. The number of hydrogen-bond acceptors (Lipinski definition) is 2. The van der Waals surface area contributed by atoms with Crippen molar-refractivity contribution in [2.24, 2.45) is 0 Å². The summed E-state index contributed by atoms with van der Waals surface area (Å²) < 4.78 is 0. The van der Waals surface area contributed by atoms with Crippen LogP contribution in [0.25, 0.3) is 11.1 Å². The Morgan fingerprint density at radius 2 is 0.788 bits per heavy atom. The molecule has 0 fully saturated rings. The quantitative estimate of drug-likeness (QED) is 0.236. The Bertz CT molecular complexity index is 1190. The van der Waals surface area contributed by atoms with Gasteiger partial charge in [0, 0.05) is 24.2 Å². The van der Waals surface area contributed by atoms with E-state index in [1.807, 2.05) is 24.3 Å². The van der Waals surface area contributed by atoms with E-state index in [2.05, 4.69) is 83.4 Å². The summed E-state index contributed by atoms with van der Waals surface area (Å²) in [5, 5.41) is 6.26. The van der Waals surface area contributed by atoms with Crippen LogP contribution >= 0.6 is 24.4 Å². The maximum absolute atomic E-state index is 5.01. The van der Waals surface area contributed by atoms with Gasteiger partial charge in [-0.3, -0.25) is 0 Å². The van der Waals surface area contributed by atoms with Gasteiger partial charge in [-0.1, -0.05) is 109 Å². The van der Waals surface area contributed by atoms with Crippen molar-refractivity contribution in [2.75, 3.05) is 10.6 Å². The molecule has 0 spiro atoms. The molecule has 33 heavy (non-hydrogen) atoms. The second kappa shape index (κ2) is 9.65. The molecule has 2 N–H and O–H groups in total. The van der Waals surface area contributed by atoms with Crippen LogP contribution in [-0.2, 0) is 19.3 Å². The lowest BCUT2D eigenvalue weighted by Crippen LogP contribution is -2.00. The van der Waals surface area contributed by atoms with Crippen molar-refractivity contribution in [2.45, 2.75) is 19.3 Å². The fourth-order valence-electron chi connectivity index (χ4n) is 4.41. The van der Waals surface area contributed by atoms with Crippen LogP contribution < -0.4 is 10.6 Å². The van der Waals surface area contributed by atoms with Gasteiger partial charge < -0.3 is 10.6 Å². The molecule has 0 bridgehead atoms. The van der Waals surface area contributed by atoms with Gasteiger partial charge in [-0.15, -0.1) is 0 Å². The van der Waals surface area contributed by atoms with E-state index in [0.29, 0.717) is 0 Å². The number of para-hydroxylation sites is 2. The molecule has 3 aliphatic rings. The SMILES string of the molecule is S=C1Cc2ccccc2N1.S=C1Cc2ccccc2N1.c1ccc2c(c1)Cc1ccccc1-2. The van der Waals surface area contributed by atoms with Crippen LogP contribution in [0, 0.1) is 0 Å². The van der Waals surface area contributed by atoms with Crippen LogP contribution in [0.2, 0.25) is 0 Å². The van der Waals surface area contributed by atoms with Gasteiger partial charge in [0.15, 0.2) is 0 Å². The van der Waals surface area contributed by atoms with Crippen LogP contribution in [0.4, 0.5) is 11.4 Å². The molecule has 0 aromatic heterocycles. The minimum atomic E-state index is 0.908. The highest BCUT2D eigenvalue weighted by Crippen LogP contribution is 2.35. The maximum atomic E-state index is 5.01. The average Bonchev–Trinajstić information content (AvgIpc) is 3.52. The van der Waals surface area contributed by atoms with E-state index in [1.54, 1.807) is 0 Å². The summed E-state index contributed by atoms with van der Waals surface area (Å²) in [6.45, 7) is 0. The molecule has 4 aromatic carbocycles. The molecular formula is C29H24N2S2. The summed E-state index contributed by atoms with van der Waals surface area (Å²) in [7, 11) is 0. The van der Waals surface area contributed by atoms with Crippen LogP contribution in [0.15, 0.2) is 97.1 Å². The predicted molar refractivity (Wildman–Crippen MR) is 147 cm³/mol. The van der Waals surface area contributed by atoms with E-state index < -0.39 is 0 Å². The summed E-state index contributed by atoms with van der Waals surface area (Å²) in [6, 6.07) is 33.7. The van der Waals surface area contributed by atoms with Crippen molar-refractivity contribution >= 4 is 45.8 Å². The van der Waals surface area contributed by atoms with Crippen molar-refractivity contribution in [1.82, 2.24) is 0 Å². The number of anilines is 2. The molecule has 0 amide bonds. The largest absolute Gasteiger partial charge is 0.350 e. The molecule has 0 radical (unpaired) electrons. The fraction of sp³-hybridized carbons (Fsp3) is 0.103. The van der Waals surface area contributed by atoms with Gasteiger partial charge in [-0.05, 0) is 51.9 Å². The Morgan fingerprint density at radius 1 is 0.424 bits per heavy atom. The maximum Gasteiger partial charge on any atom is 0.0842 e.